The van der Waals surface area contributed by atoms with E-state index in [0.717, 1.165) is 12.4 Å². The molecule has 1 aliphatic carbocycles. The van der Waals surface area contributed by atoms with Crippen LogP contribution in [0, 0.1) is 11.7 Å². The molecule has 1 aliphatic heterocycles. The standard InChI is InChI=1S/C20H20F3N5O3S/c1-30-15-4-5-20(12(15)9-32-19(24)28-20)11-6-10(2-3-13(11)21)27-17(29)14-7-26-16(8-25-14)31-18(22)23/h2-3,6-8,12,15,18H,4-5,9H2,1H3,(H2,24,28)(H,27,29)/t12-,15+,20-/m1/s1. The van der Waals surface area contributed by atoms with Crippen LogP contribution in [0.2, 0.25) is 0 Å². The number of alkyl halides is 2. The molecule has 0 radical (unpaired) electrons. The summed E-state index contributed by atoms with van der Waals surface area (Å²) < 4.78 is 49.2. The number of halogens is 3. The molecule has 2 heterocycles. The summed E-state index contributed by atoms with van der Waals surface area (Å²) in [5.41, 5.74) is 5.64. The summed E-state index contributed by atoms with van der Waals surface area (Å²) in [6, 6.07) is 4.21. The predicted molar refractivity (Wildman–Crippen MR) is 112 cm³/mol. The first kappa shape index (κ1) is 22.3. The van der Waals surface area contributed by atoms with Gasteiger partial charge in [-0.05, 0) is 31.0 Å². The summed E-state index contributed by atoms with van der Waals surface area (Å²) in [4.78, 5) is 24.6. The van der Waals surface area contributed by atoms with Crippen molar-refractivity contribution in [3.63, 3.8) is 0 Å². The van der Waals surface area contributed by atoms with Crippen molar-refractivity contribution in [1.29, 1.82) is 0 Å². The van der Waals surface area contributed by atoms with Gasteiger partial charge in [0.25, 0.3) is 5.91 Å². The van der Waals surface area contributed by atoms with E-state index < -0.39 is 29.8 Å². The number of benzene rings is 1. The van der Waals surface area contributed by atoms with Crippen LogP contribution >= 0.6 is 11.8 Å². The van der Waals surface area contributed by atoms with Gasteiger partial charge in [0.15, 0.2) is 5.17 Å². The number of methoxy groups -OCH3 is 1. The molecule has 3 N–H and O–H groups in total. The second-order valence-electron chi connectivity index (χ2n) is 7.37. The molecule has 0 unspecified atom stereocenters. The Labute approximate surface area is 185 Å². The fourth-order valence-corrected chi connectivity index (χ4v) is 5.30. The molecule has 32 heavy (non-hydrogen) atoms. The largest absolute Gasteiger partial charge is 0.415 e. The number of rotatable bonds is 6. The maximum absolute atomic E-state index is 15.0. The highest BCUT2D eigenvalue weighted by atomic mass is 32.2. The van der Waals surface area contributed by atoms with Gasteiger partial charge in [0.05, 0.1) is 24.0 Å². The summed E-state index contributed by atoms with van der Waals surface area (Å²) in [5.74, 6) is -0.937. The molecule has 1 amide bonds. The van der Waals surface area contributed by atoms with E-state index in [1.807, 2.05) is 0 Å². The number of thioether (sulfide) groups is 1. The van der Waals surface area contributed by atoms with Gasteiger partial charge in [0.2, 0.25) is 5.88 Å². The molecule has 0 spiro atoms. The summed E-state index contributed by atoms with van der Waals surface area (Å²) in [6.07, 6.45) is 3.11. The number of aromatic nitrogens is 2. The second-order valence-corrected chi connectivity index (χ2v) is 8.41. The predicted octanol–water partition coefficient (Wildman–Crippen LogP) is 3.15. The summed E-state index contributed by atoms with van der Waals surface area (Å²) in [6.45, 7) is -3.05. The molecule has 0 saturated heterocycles. The number of nitrogens with one attached hydrogen (secondary N) is 1. The highest BCUT2D eigenvalue weighted by molar-refractivity contribution is 8.13. The number of hydrogen-bond acceptors (Lipinski definition) is 8. The molecule has 0 bridgehead atoms. The van der Waals surface area contributed by atoms with Crippen molar-refractivity contribution >= 4 is 28.5 Å². The first-order chi connectivity index (χ1) is 15.3. The van der Waals surface area contributed by atoms with E-state index in [-0.39, 0.29) is 17.7 Å². The van der Waals surface area contributed by atoms with E-state index in [1.54, 1.807) is 7.11 Å². The third kappa shape index (κ3) is 4.24. The molecule has 170 valence electrons. The third-order valence-corrected chi connectivity index (χ3v) is 6.57. The zero-order valence-corrected chi connectivity index (χ0v) is 17.7. The Morgan fingerprint density at radius 3 is 2.84 bits per heavy atom. The molecule has 1 saturated carbocycles. The number of ether oxygens (including phenoxy) is 2. The number of amidine groups is 1. The Balaban J connectivity index is 1.60. The van der Waals surface area contributed by atoms with Crippen LogP contribution in [0.4, 0.5) is 18.9 Å². The quantitative estimate of drug-likeness (QED) is 0.671. The lowest BCUT2D eigenvalue weighted by atomic mass is 9.80. The number of amides is 1. The van der Waals surface area contributed by atoms with Crippen LogP contribution in [0.1, 0.15) is 28.9 Å². The van der Waals surface area contributed by atoms with Crippen LogP contribution in [-0.4, -0.2) is 46.6 Å². The molecule has 1 aromatic carbocycles. The number of nitrogens with zero attached hydrogens (tertiary/aromatic N) is 3. The van der Waals surface area contributed by atoms with E-state index in [2.05, 4.69) is 25.0 Å². The van der Waals surface area contributed by atoms with E-state index in [4.69, 9.17) is 10.5 Å². The lowest BCUT2D eigenvalue weighted by Gasteiger charge is -2.37. The molecule has 3 atom stereocenters. The molecule has 2 aliphatic rings. The van der Waals surface area contributed by atoms with Crippen molar-refractivity contribution in [2.24, 2.45) is 16.6 Å². The first-order valence-electron chi connectivity index (χ1n) is 9.71. The minimum absolute atomic E-state index is 0.0708. The number of carbonyl (C=O) groups is 1. The molecular formula is C20H20F3N5O3S. The number of hydrogen-bond donors (Lipinski definition) is 2. The average molecular weight is 467 g/mol. The number of nitrogens with two attached hydrogens (primary N) is 1. The van der Waals surface area contributed by atoms with Gasteiger partial charge in [0, 0.05) is 30.0 Å². The summed E-state index contributed by atoms with van der Waals surface area (Å²) in [7, 11) is 1.62. The zero-order valence-electron chi connectivity index (χ0n) is 16.9. The summed E-state index contributed by atoms with van der Waals surface area (Å²) in [5, 5.41) is 3.01. The Morgan fingerprint density at radius 1 is 1.34 bits per heavy atom. The van der Waals surface area contributed by atoms with E-state index in [9.17, 15) is 18.0 Å². The Bertz CT molecular complexity index is 1040. The topological polar surface area (TPSA) is 112 Å². The van der Waals surface area contributed by atoms with Crippen LogP contribution in [-0.2, 0) is 10.3 Å². The molecule has 2 aromatic rings. The van der Waals surface area contributed by atoms with Gasteiger partial charge in [-0.1, -0.05) is 11.8 Å². The van der Waals surface area contributed by atoms with Crippen molar-refractivity contribution in [3.05, 3.63) is 47.7 Å². The van der Waals surface area contributed by atoms with E-state index >= 15 is 0 Å². The van der Waals surface area contributed by atoms with Gasteiger partial charge >= 0.3 is 6.61 Å². The highest BCUT2D eigenvalue weighted by Gasteiger charge is 2.53. The number of carbonyl (C=O) groups excluding carboxylic acids is 1. The van der Waals surface area contributed by atoms with Crippen molar-refractivity contribution < 1.29 is 27.4 Å². The lowest BCUT2D eigenvalue weighted by molar-refractivity contribution is -0.0531. The Kier molecular flexibility index (Phi) is 6.24. The van der Waals surface area contributed by atoms with E-state index in [0.29, 0.717) is 35.0 Å². The first-order valence-corrected chi connectivity index (χ1v) is 10.7. The lowest BCUT2D eigenvalue weighted by Crippen LogP contribution is -2.41. The SMILES string of the molecule is CO[C@H]1CC[C@]2(c3cc(NC(=O)c4cnc(OC(F)F)cn4)ccc3F)N=C(N)SC[C@H]12. The maximum Gasteiger partial charge on any atom is 0.388 e. The molecule has 1 fully saturated rings. The Morgan fingerprint density at radius 2 is 2.16 bits per heavy atom. The van der Waals surface area contributed by atoms with Crippen LogP contribution in [0.25, 0.3) is 0 Å². The molecule has 12 heteroatoms. The van der Waals surface area contributed by atoms with E-state index in [1.165, 1.54) is 30.0 Å². The molecule has 8 nitrogen and oxygen atoms in total. The van der Waals surface area contributed by atoms with Crippen LogP contribution in [0.3, 0.4) is 0 Å². The average Bonchev–Trinajstić information content (AvgIpc) is 3.13. The minimum Gasteiger partial charge on any atom is -0.415 e. The van der Waals surface area contributed by atoms with Crippen molar-refractivity contribution in [2.45, 2.75) is 31.1 Å². The van der Waals surface area contributed by atoms with Crippen molar-refractivity contribution in [2.75, 3.05) is 18.2 Å². The van der Waals surface area contributed by atoms with Gasteiger partial charge in [-0.15, -0.1) is 0 Å². The van der Waals surface area contributed by atoms with Gasteiger partial charge in [-0.2, -0.15) is 8.78 Å². The maximum atomic E-state index is 15.0. The second kappa shape index (κ2) is 8.94. The van der Waals surface area contributed by atoms with Crippen molar-refractivity contribution in [3.8, 4) is 5.88 Å². The molecule has 4 rings (SSSR count). The van der Waals surface area contributed by atoms with Crippen LogP contribution < -0.4 is 15.8 Å². The molecular weight excluding hydrogens is 447 g/mol. The number of fused-ring (bicyclic) bond motifs is 1. The van der Waals surface area contributed by atoms with Crippen LogP contribution in [0.5, 0.6) is 5.88 Å². The normalized spacial score (nSPS) is 24.7. The molecule has 1 aromatic heterocycles. The fraction of sp³-hybridized carbons (Fsp3) is 0.400. The van der Waals surface area contributed by atoms with Gasteiger partial charge in [-0.25, -0.2) is 14.4 Å². The zero-order chi connectivity index (χ0) is 22.9. The van der Waals surface area contributed by atoms with Crippen LogP contribution in [0.15, 0.2) is 35.6 Å². The third-order valence-electron chi connectivity index (χ3n) is 5.66. The van der Waals surface area contributed by atoms with Crippen molar-refractivity contribution in [1.82, 2.24) is 9.97 Å². The smallest absolute Gasteiger partial charge is 0.388 e. The minimum atomic E-state index is -3.05. The van der Waals surface area contributed by atoms with Gasteiger partial charge < -0.3 is 20.5 Å². The van der Waals surface area contributed by atoms with Gasteiger partial charge in [-0.3, -0.25) is 9.79 Å². The monoisotopic (exact) mass is 467 g/mol. The Hall–Kier alpha value is -2.86. The van der Waals surface area contributed by atoms with Gasteiger partial charge in [0.1, 0.15) is 11.5 Å². The number of aliphatic imine (C=N–C) groups is 1. The highest BCUT2D eigenvalue weighted by Crippen LogP contribution is 2.52. The fourth-order valence-electron chi connectivity index (χ4n) is 4.24. The summed E-state index contributed by atoms with van der Waals surface area (Å²) >= 11 is 1.41. The number of anilines is 1.